The molecule has 0 amide bonds. The van der Waals surface area contributed by atoms with E-state index < -0.39 is 17.7 Å². The van der Waals surface area contributed by atoms with Crippen LogP contribution in [-0.2, 0) is 17.4 Å². The van der Waals surface area contributed by atoms with Crippen LogP contribution in [0, 0.1) is 0 Å². The Balaban J connectivity index is 2.07. The first-order valence-electron chi connectivity index (χ1n) is 8.49. The maximum absolute atomic E-state index is 13.1. The van der Waals surface area contributed by atoms with Gasteiger partial charge >= 0.3 is 12.1 Å². The average molecular weight is 444 g/mol. The van der Waals surface area contributed by atoms with Crippen molar-refractivity contribution < 1.29 is 27.5 Å². The molecule has 29 heavy (non-hydrogen) atoms. The van der Waals surface area contributed by atoms with E-state index in [1.54, 1.807) is 18.2 Å². The van der Waals surface area contributed by atoms with Crippen molar-refractivity contribution >= 4 is 29.2 Å². The molecular formula is C20H14Cl2F3NO3. The van der Waals surface area contributed by atoms with Crippen molar-refractivity contribution in [1.29, 1.82) is 0 Å². The maximum Gasteiger partial charge on any atom is 0.416 e. The summed E-state index contributed by atoms with van der Waals surface area (Å²) in [5.41, 5.74) is 0.185. The van der Waals surface area contributed by atoms with Gasteiger partial charge in [0.25, 0.3) is 0 Å². The SMILES string of the molecule is O=C(O)CCCc1nc(-c2ccc(Cl)c(Cl)c2)c(-c2cccc(C(F)(F)F)c2)o1. The zero-order valence-corrected chi connectivity index (χ0v) is 16.3. The molecular weight excluding hydrogens is 430 g/mol. The molecule has 0 fully saturated rings. The summed E-state index contributed by atoms with van der Waals surface area (Å²) in [6, 6.07) is 9.42. The fourth-order valence-corrected chi connectivity index (χ4v) is 3.03. The second-order valence-electron chi connectivity index (χ2n) is 6.24. The van der Waals surface area contributed by atoms with E-state index in [1.165, 1.54) is 12.1 Å². The molecule has 2 aromatic carbocycles. The van der Waals surface area contributed by atoms with Gasteiger partial charge in [0, 0.05) is 24.0 Å². The number of halogens is 5. The Morgan fingerprint density at radius 3 is 2.48 bits per heavy atom. The Morgan fingerprint density at radius 2 is 1.83 bits per heavy atom. The number of oxazole rings is 1. The summed E-state index contributed by atoms with van der Waals surface area (Å²) in [6.45, 7) is 0. The normalized spacial score (nSPS) is 11.6. The molecule has 0 spiro atoms. The van der Waals surface area contributed by atoms with Crippen molar-refractivity contribution in [3.63, 3.8) is 0 Å². The topological polar surface area (TPSA) is 63.3 Å². The van der Waals surface area contributed by atoms with Gasteiger partial charge in [-0.05, 0) is 30.7 Å². The molecule has 0 unspecified atom stereocenters. The number of rotatable bonds is 6. The van der Waals surface area contributed by atoms with Crippen LogP contribution in [0.1, 0.15) is 24.3 Å². The third-order valence-corrected chi connectivity index (χ3v) is 4.84. The Morgan fingerprint density at radius 1 is 1.07 bits per heavy atom. The predicted molar refractivity (Wildman–Crippen MR) is 103 cm³/mol. The molecule has 1 N–H and O–H groups in total. The first-order chi connectivity index (χ1) is 13.6. The van der Waals surface area contributed by atoms with Gasteiger partial charge in [-0.15, -0.1) is 0 Å². The van der Waals surface area contributed by atoms with Gasteiger partial charge in [0.15, 0.2) is 11.7 Å². The number of hydrogen-bond donors (Lipinski definition) is 1. The van der Waals surface area contributed by atoms with E-state index in [2.05, 4.69) is 4.98 Å². The quantitative estimate of drug-likeness (QED) is 0.457. The molecule has 0 atom stereocenters. The summed E-state index contributed by atoms with van der Waals surface area (Å²) in [5, 5.41) is 9.37. The molecule has 4 nitrogen and oxygen atoms in total. The fourth-order valence-electron chi connectivity index (χ4n) is 2.73. The highest BCUT2D eigenvalue weighted by molar-refractivity contribution is 6.42. The van der Waals surface area contributed by atoms with E-state index >= 15 is 0 Å². The van der Waals surface area contributed by atoms with Crippen LogP contribution in [0.5, 0.6) is 0 Å². The van der Waals surface area contributed by atoms with E-state index in [0.717, 1.165) is 12.1 Å². The number of carboxylic acid groups (broad SMARTS) is 1. The van der Waals surface area contributed by atoms with Gasteiger partial charge < -0.3 is 9.52 Å². The minimum Gasteiger partial charge on any atom is -0.481 e. The highest BCUT2D eigenvalue weighted by Crippen LogP contribution is 2.38. The van der Waals surface area contributed by atoms with E-state index in [9.17, 15) is 18.0 Å². The Hall–Kier alpha value is -2.51. The van der Waals surface area contributed by atoms with E-state index in [0.29, 0.717) is 16.3 Å². The number of hydrogen-bond acceptors (Lipinski definition) is 3. The Bertz CT molecular complexity index is 1050. The number of alkyl halides is 3. The highest BCUT2D eigenvalue weighted by atomic mass is 35.5. The molecule has 3 rings (SSSR count). The van der Waals surface area contributed by atoms with Gasteiger partial charge in [-0.3, -0.25) is 4.79 Å². The van der Waals surface area contributed by atoms with Crippen LogP contribution in [0.25, 0.3) is 22.6 Å². The van der Waals surface area contributed by atoms with Crippen LogP contribution in [0.2, 0.25) is 10.0 Å². The van der Waals surface area contributed by atoms with Crippen molar-refractivity contribution in [3.05, 3.63) is 64.0 Å². The van der Waals surface area contributed by atoms with E-state index in [4.69, 9.17) is 32.7 Å². The van der Waals surface area contributed by atoms with Gasteiger partial charge in [0.2, 0.25) is 0 Å². The Labute approximate surface area is 173 Å². The van der Waals surface area contributed by atoms with Crippen molar-refractivity contribution in [1.82, 2.24) is 4.98 Å². The number of aryl methyl sites for hydroxylation is 1. The van der Waals surface area contributed by atoms with Crippen LogP contribution < -0.4 is 0 Å². The third-order valence-electron chi connectivity index (χ3n) is 4.10. The van der Waals surface area contributed by atoms with Crippen molar-refractivity contribution in [3.8, 4) is 22.6 Å². The zero-order chi connectivity index (χ0) is 21.2. The van der Waals surface area contributed by atoms with Crippen LogP contribution in [0.3, 0.4) is 0 Å². The summed E-state index contributed by atoms with van der Waals surface area (Å²) in [7, 11) is 0. The molecule has 1 aromatic heterocycles. The number of aromatic nitrogens is 1. The number of carbonyl (C=O) groups is 1. The first kappa shape index (κ1) is 21.2. The van der Waals surface area contributed by atoms with Crippen molar-refractivity contribution in [2.45, 2.75) is 25.4 Å². The molecule has 0 saturated carbocycles. The fraction of sp³-hybridized carbons (Fsp3) is 0.200. The third kappa shape index (κ3) is 5.10. The number of nitrogens with zero attached hydrogens (tertiary/aromatic N) is 1. The second kappa shape index (κ2) is 8.47. The van der Waals surface area contributed by atoms with Gasteiger partial charge in [0.1, 0.15) is 5.69 Å². The van der Waals surface area contributed by atoms with Crippen molar-refractivity contribution in [2.24, 2.45) is 0 Å². The predicted octanol–water partition coefficient (Wildman–Crippen LogP) is 6.74. The molecule has 0 radical (unpaired) electrons. The molecule has 3 aromatic rings. The summed E-state index contributed by atoms with van der Waals surface area (Å²) in [4.78, 5) is 15.1. The molecule has 0 aliphatic carbocycles. The molecule has 152 valence electrons. The smallest absolute Gasteiger partial charge is 0.416 e. The minimum absolute atomic E-state index is 0.0800. The first-order valence-corrected chi connectivity index (χ1v) is 9.25. The highest BCUT2D eigenvalue weighted by Gasteiger charge is 2.31. The summed E-state index contributed by atoms with van der Waals surface area (Å²) >= 11 is 12.0. The lowest BCUT2D eigenvalue weighted by Crippen LogP contribution is -2.04. The van der Waals surface area contributed by atoms with Gasteiger partial charge in [-0.25, -0.2) is 4.98 Å². The molecule has 0 saturated heterocycles. The number of carboxylic acids is 1. The van der Waals surface area contributed by atoms with Crippen LogP contribution >= 0.6 is 23.2 Å². The summed E-state index contributed by atoms with van der Waals surface area (Å²) in [5.74, 6) is -0.598. The lowest BCUT2D eigenvalue weighted by Gasteiger charge is -2.08. The lowest BCUT2D eigenvalue weighted by atomic mass is 10.0. The van der Waals surface area contributed by atoms with Crippen molar-refractivity contribution in [2.75, 3.05) is 0 Å². The monoisotopic (exact) mass is 443 g/mol. The maximum atomic E-state index is 13.1. The van der Waals surface area contributed by atoms with Gasteiger partial charge in [-0.1, -0.05) is 41.4 Å². The molecule has 1 heterocycles. The van der Waals surface area contributed by atoms with Crippen LogP contribution in [0.15, 0.2) is 46.9 Å². The van der Waals surface area contributed by atoms with E-state index in [-0.39, 0.29) is 41.5 Å². The zero-order valence-electron chi connectivity index (χ0n) is 14.8. The van der Waals surface area contributed by atoms with Gasteiger partial charge in [0.05, 0.1) is 15.6 Å². The van der Waals surface area contributed by atoms with Crippen LogP contribution in [-0.4, -0.2) is 16.1 Å². The second-order valence-corrected chi connectivity index (χ2v) is 7.05. The average Bonchev–Trinajstić information content (AvgIpc) is 3.07. The van der Waals surface area contributed by atoms with Gasteiger partial charge in [-0.2, -0.15) is 13.2 Å². The van der Waals surface area contributed by atoms with E-state index in [1.807, 2.05) is 0 Å². The number of aliphatic carboxylic acids is 1. The molecule has 0 aliphatic rings. The molecule has 9 heteroatoms. The lowest BCUT2D eigenvalue weighted by molar-refractivity contribution is -0.138. The Kier molecular flexibility index (Phi) is 6.19. The standard InChI is InChI=1S/C20H14Cl2F3NO3/c21-14-8-7-11(10-15(14)22)18-19(29-16(26-18)5-2-6-17(27)28)12-3-1-4-13(9-12)20(23,24)25/h1,3-4,7-10H,2,5-6H2,(H,27,28). The summed E-state index contributed by atoms with van der Waals surface area (Å²) in [6.07, 6.45) is -4.09. The molecule has 0 aliphatic heterocycles. The molecule has 0 bridgehead atoms. The largest absolute Gasteiger partial charge is 0.481 e. The minimum atomic E-state index is -4.51. The number of benzene rings is 2. The summed E-state index contributed by atoms with van der Waals surface area (Å²) < 4.78 is 45.1. The van der Waals surface area contributed by atoms with Crippen LogP contribution in [0.4, 0.5) is 13.2 Å².